The van der Waals surface area contributed by atoms with E-state index in [0.717, 1.165) is 12.0 Å². The lowest BCUT2D eigenvalue weighted by atomic mass is 9.97. The van der Waals surface area contributed by atoms with Crippen LogP contribution in [-0.2, 0) is 14.3 Å². The molecule has 160 valence electrons. The van der Waals surface area contributed by atoms with Crippen molar-refractivity contribution in [2.45, 2.75) is 46.1 Å². The van der Waals surface area contributed by atoms with Gasteiger partial charge in [-0.25, -0.2) is 9.59 Å². The van der Waals surface area contributed by atoms with E-state index in [2.05, 4.69) is 24.5 Å². The van der Waals surface area contributed by atoms with Gasteiger partial charge in [0.25, 0.3) is 5.91 Å². The van der Waals surface area contributed by atoms with E-state index in [0.29, 0.717) is 17.3 Å². The Hall–Kier alpha value is -3.35. The maximum absolute atomic E-state index is 12.5. The fraction of sp³-hybridized carbons (Fsp3) is 0.348. The fourth-order valence-electron chi connectivity index (χ4n) is 2.75. The van der Waals surface area contributed by atoms with Crippen LogP contribution in [0.2, 0.25) is 0 Å². The van der Waals surface area contributed by atoms with Crippen molar-refractivity contribution in [3.8, 4) is 0 Å². The zero-order valence-electron chi connectivity index (χ0n) is 17.7. The molecule has 7 heteroatoms. The molecule has 2 N–H and O–H groups in total. The Morgan fingerprint density at radius 2 is 1.60 bits per heavy atom. The average molecular weight is 412 g/mol. The molecule has 7 nitrogen and oxygen atoms in total. The van der Waals surface area contributed by atoms with E-state index in [1.54, 1.807) is 19.1 Å². The molecule has 0 fully saturated rings. The van der Waals surface area contributed by atoms with Crippen molar-refractivity contribution >= 4 is 29.3 Å². The first kappa shape index (κ1) is 22.9. The number of hydrogen-bond acceptors (Lipinski definition) is 5. The van der Waals surface area contributed by atoms with Crippen molar-refractivity contribution in [3.05, 3.63) is 59.7 Å². The highest BCUT2D eigenvalue weighted by atomic mass is 16.6. The second-order valence-corrected chi connectivity index (χ2v) is 6.86. The molecule has 0 aliphatic heterocycles. The van der Waals surface area contributed by atoms with E-state index in [-0.39, 0.29) is 12.2 Å². The van der Waals surface area contributed by atoms with Crippen molar-refractivity contribution in [2.75, 3.05) is 17.2 Å². The molecule has 0 heterocycles. The molecule has 30 heavy (non-hydrogen) atoms. The van der Waals surface area contributed by atoms with Crippen molar-refractivity contribution in [2.24, 2.45) is 0 Å². The second kappa shape index (κ2) is 11.0. The zero-order chi connectivity index (χ0) is 22.1. The SMILES string of the molecule is CCOC(=O)Nc1ccc(C(=O)OC(C)C(=O)Nc2ccccc2C(C)CC)cc1. The van der Waals surface area contributed by atoms with Crippen molar-refractivity contribution in [3.63, 3.8) is 0 Å². The van der Waals surface area contributed by atoms with Gasteiger partial charge in [0.1, 0.15) is 0 Å². The van der Waals surface area contributed by atoms with Crippen LogP contribution >= 0.6 is 0 Å². The molecule has 2 atom stereocenters. The summed E-state index contributed by atoms with van der Waals surface area (Å²) < 4.78 is 10.1. The summed E-state index contributed by atoms with van der Waals surface area (Å²) in [5.74, 6) is -0.740. The standard InChI is InChI=1S/C23H28N2O5/c1-5-15(3)19-9-7-8-10-20(19)25-21(26)16(4)30-22(27)17-11-13-18(14-12-17)24-23(28)29-6-2/h7-16H,5-6H2,1-4H3,(H,24,28)(H,25,26). The lowest BCUT2D eigenvalue weighted by Gasteiger charge is -2.18. The molecule has 0 spiro atoms. The lowest BCUT2D eigenvalue weighted by molar-refractivity contribution is -0.123. The van der Waals surface area contributed by atoms with Crippen LogP contribution in [0.4, 0.5) is 16.2 Å². The Kier molecular flexibility index (Phi) is 8.41. The maximum atomic E-state index is 12.5. The van der Waals surface area contributed by atoms with Gasteiger partial charge in [0.15, 0.2) is 6.10 Å². The third-order valence-electron chi connectivity index (χ3n) is 4.66. The molecule has 2 amide bonds. The van der Waals surface area contributed by atoms with Gasteiger partial charge in [0, 0.05) is 11.4 Å². The molecular formula is C23H28N2O5. The van der Waals surface area contributed by atoms with Crippen LogP contribution in [0.5, 0.6) is 0 Å². The van der Waals surface area contributed by atoms with Crippen molar-refractivity contribution < 1.29 is 23.9 Å². The number of esters is 1. The summed E-state index contributed by atoms with van der Waals surface area (Å²) >= 11 is 0. The third kappa shape index (κ3) is 6.34. The molecule has 0 aliphatic rings. The molecule has 0 bridgehead atoms. The van der Waals surface area contributed by atoms with E-state index in [1.807, 2.05) is 24.3 Å². The smallest absolute Gasteiger partial charge is 0.411 e. The molecule has 0 aliphatic carbocycles. The summed E-state index contributed by atoms with van der Waals surface area (Å²) in [6.45, 7) is 7.67. The van der Waals surface area contributed by atoms with Crippen LogP contribution in [0.15, 0.2) is 48.5 Å². The summed E-state index contributed by atoms with van der Waals surface area (Å²) in [6, 6.07) is 13.7. The van der Waals surface area contributed by atoms with E-state index < -0.39 is 24.1 Å². The molecule has 2 rings (SSSR count). The normalized spacial score (nSPS) is 12.4. The fourth-order valence-corrected chi connectivity index (χ4v) is 2.75. The summed E-state index contributed by atoms with van der Waals surface area (Å²) in [5, 5.41) is 5.38. The van der Waals surface area contributed by atoms with Gasteiger partial charge < -0.3 is 14.8 Å². The van der Waals surface area contributed by atoms with Crippen LogP contribution in [0, 0.1) is 0 Å². The average Bonchev–Trinajstić information content (AvgIpc) is 2.74. The van der Waals surface area contributed by atoms with Crippen LogP contribution in [0.3, 0.4) is 0 Å². The summed E-state index contributed by atoms with van der Waals surface area (Å²) in [6.07, 6.45) is -0.603. The van der Waals surface area contributed by atoms with E-state index in [9.17, 15) is 14.4 Å². The highest BCUT2D eigenvalue weighted by Gasteiger charge is 2.20. The number of para-hydroxylation sites is 1. The van der Waals surface area contributed by atoms with E-state index in [4.69, 9.17) is 9.47 Å². The Balaban J connectivity index is 1.97. The highest BCUT2D eigenvalue weighted by Crippen LogP contribution is 2.26. The van der Waals surface area contributed by atoms with Gasteiger partial charge in [0.05, 0.1) is 12.2 Å². The van der Waals surface area contributed by atoms with Gasteiger partial charge in [-0.2, -0.15) is 0 Å². The molecule has 2 aromatic carbocycles. The predicted molar refractivity (Wildman–Crippen MR) is 116 cm³/mol. The van der Waals surface area contributed by atoms with Crippen LogP contribution in [0.1, 0.15) is 56.0 Å². The first-order valence-corrected chi connectivity index (χ1v) is 10.00. The van der Waals surface area contributed by atoms with Gasteiger partial charge >= 0.3 is 12.1 Å². The Labute approximate surface area is 176 Å². The van der Waals surface area contributed by atoms with Crippen molar-refractivity contribution in [1.29, 1.82) is 0 Å². The number of benzene rings is 2. The zero-order valence-corrected chi connectivity index (χ0v) is 17.7. The molecule has 0 aromatic heterocycles. The quantitative estimate of drug-likeness (QED) is 0.598. The largest absolute Gasteiger partial charge is 0.450 e. The molecule has 0 saturated carbocycles. The van der Waals surface area contributed by atoms with Gasteiger partial charge in [-0.05, 0) is 62.1 Å². The van der Waals surface area contributed by atoms with Crippen LogP contribution in [-0.4, -0.2) is 30.7 Å². The molecule has 2 unspecified atom stereocenters. The van der Waals surface area contributed by atoms with Gasteiger partial charge in [-0.3, -0.25) is 10.1 Å². The Morgan fingerprint density at radius 3 is 2.23 bits per heavy atom. The minimum atomic E-state index is -0.972. The highest BCUT2D eigenvalue weighted by molar-refractivity contribution is 5.98. The first-order chi connectivity index (χ1) is 14.3. The number of carbonyl (C=O) groups is 3. The number of rotatable bonds is 8. The topological polar surface area (TPSA) is 93.7 Å². The molecular weight excluding hydrogens is 384 g/mol. The number of anilines is 2. The summed E-state index contributed by atoms with van der Waals surface area (Å²) in [7, 11) is 0. The van der Waals surface area contributed by atoms with E-state index >= 15 is 0 Å². The first-order valence-electron chi connectivity index (χ1n) is 10.00. The molecule has 0 saturated heterocycles. The van der Waals surface area contributed by atoms with Gasteiger partial charge in [-0.15, -0.1) is 0 Å². The minimum absolute atomic E-state index is 0.262. The summed E-state index contributed by atoms with van der Waals surface area (Å²) in [5.41, 5.74) is 2.51. The number of hydrogen-bond donors (Lipinski definition) is 2. The predicted octanol–water partition coefficient (Wildman–Crippen LogP) is 4.95. The Bertz CT molecular complexity index is 879. The summed E-state index contributed by atoms with van der Waals surface area (Å²) in [4.78, 5) is 36.3. The van der Waals surface area contributed by atoms with Gasteiger partial charge in [-0.1, -0.05) is 32.0 Å². The maximum Gasteiger partial charge on any atom is 0.411 e. The number of nitrogens with one attached hydrogen (secondary N) is 2. The second-order valence-electron chi connectivity index (χ2n) is 6.86. The third-order valence-corrected chi connectivity index (χ3v) is 4.66. The van der Waals surface area contributed by atoms with E-state index in [1.165, 1.54) is 19.1 Å². The molecule has 0 radical (unpaired) electrons. The van der Waals surface area contributed by atoms with Gasteiger partial charge in [0.2, 0.25) is 0 Å². The number of carbonyl (C=O) groups excluding carboxylic acids is 3. The number of ether oxygens (including phenoxy) is 2. The molecule has 2 aromatic rings. The number of amides is 2. The van der Waals surface area contributed by atoms with Crippen molar-refractivity contribution in [1.82, 2.24) is 0 Å². The Morgan fingerprint density at radius 1 is 0.933 bits per heavy atom. The monoisotopic (exact) mass is 412 g/mol. The van der Waals surface area contributed by atoms with Crippen LogP contribution < -0.4 is 10.6 Å². The lowest BCUT2D eigenvalue weighted by Crippen LogP contribution is -2.30. The minimum Gasteiger partial charge on any atom is -0.450 e. The van der Waals surface area contributed by atoms with Crippen LogP contribution in [0.25, 0.3) is 0 Å².